The molecular weight excluding hydrogens is 376 g/mol. The van der Waals surface area contributed by atoms with Crippen LogP contribution in [0.4, 0.5) is 0 Å². The number of hydrogen-bond acceptors (Lipinski definition) is 2. The lowest BCUT2D eigenvalue weighted by Gasteiger charge is -2.58. The lowest BCUT2D eigenvalue weighted by atomic mass is 9.46. The van der Waals surface area contributed by atoms with E-state index in [0.29, 0.717) is 16.9 Å². The van der Waals surface area contributed by atoms with E-state index in [1.807, 2.05) is 0 Å². The van der Waals surface area contributed by atoms with Crippen molar-refractivity contribution in [3.05, 3.63) is 23.8 Å². The molecule has 2 heteroatoms. The monoisotopic (exact) mass is 422 g/mol. The molecule has 8 unspecified atom stereocenters. The fourth-order valence-corrected chi connectivity index (χ4v) is 9.08. The van der Waals surface area contributed by atoms with Crippen molar-refractivity contribution in [3.63, 3.8) is 0 Å². The summed E-state index contributed by atoms with van der Waals surface area (Å²) in [6.45, 7) is 16.5. The molecule has 0 bridgehead atoms. The predicted octanol–water partition coefficient (Wildman–Crippen LogP) is 6.97. The first-order valence-corrected chi connectivity index (χ1v) is 13.4. The minimum absolute atomic E-state index is 0.456. The molecule has 4 aliphatic carbocycles. The molecule has 1 saturated heterocycles. The number of fused-ring (bicyclic) bond motifs is 5. The summed E-state index contributed by atoms with van der Waals surface area (Å²) < 4.78 is 0. The summed E-state index contributed by atoms with van der Waals surface area (Å²) >= 11 is 0. The Morgan fingerprint density at radius 1 is 1.13 bits per heavy atom. The second-order valence-electron chi connectivity index (χ2n) is 12.6. The molecule has 0 amide bonds. The minimum Gasteiger partial charge on any atom is -0.314 e. The molecule has 1 heterocycles. The maximum atomic E-state index is 5.18. The summed E-state index contributed by atoms with van der Waals surface area (Å²) in [4.78, 5) is 5.18. The van der Waals surface area contributed by atoms with E-state index >= 15 is 0 Å². The quantitative estimate of drug-likeness (QED) is 0.486. The molecule has 4 fully saturated rings. The van der Waals surface area contributed by atoms with E-state index < -0.39 is 0 Å². The SMILES string of the molecule is C=C1C=C2CCC3C(CCC4(C)C(C(C)=NCCC5CC(C)CN5)CCC34)C2(C)CC1. The van der Waals surface area contributed by atoms with Gasteiger partial charge in [-0.3, -0.25) is 4.99 Å². The van der Waals surface area contributed by atoms with Crippen LogP contribution in [0.25, 0.3) is 0 Å². The fourth-order valence-electron chi connectivity index (χ4n) is 9.08. The highest BCUT2D eigenvalue weighted by Gasteiger charge is 2.59. The number of hydrogen-bond donors (Lipinski definition) is 1. The second kappa shape index (κ2) is 8.15. The number of nitrogens with zero attached hydrogens (tertiary/aromatic N) is 1. The number of nitrogens with one attached hydrogen (secondary N) is 1. The van der Waals surface area contributed by atoms with Gasteiger partial charge in [0.2, 0.25) is 0 Å². The molecule has 3 saturated carbocycles. The number of aliphatic imine (C=N–C) groups is 1. The summed E-state index contributed by atoms with van der Waals surface area (Å²) in [5, 5.41) is 3.68. The van der Waals surface area contributed by atoms with Crippen LogP contribution in [0.3, 0.4) is 0 Å². The topological polar surface area (TPSA) is 24.4 Å². The molecule has 0 radical (unpaired) electrons. The van der Waals surface area contributed by atoms with Gasteiger partial charge in [0.05, 0.1) is 0 Å². The van der Waals surface area contributed by atoms with Gasteiger partial charge in [-0.25, -0.2) is 0 Å². The molecule has 0 spiro atoms. The molecule has 5 aliphatic rings. The average Bonchev–Trinajstić information content (AvgIpc) is 3.31. The lowest BCUT2D eigenvalue weighted by molar-refractivity contribution is -0.0417. The Morgan fingerprint density at radius 2 is 1.97 bits per heavy atom. The van der Waals surface area contributed by atoms with Crippen molar-refractivity contribution >= 4 is 5.71 Å². The normalized spacial score (nSPS) is 47.5. The van der Waals surface area contributed by atoms with E-state index in [-0.39, 0.29) is 0 Å². The molecule has 31 heavy (non-hydrogen) atoms. The maximum absolute atomic E-state index is 5.18. The van der Waals surface area contributed by atoms with Crippen LogP contribution in [0.15, 0.2) is 28.8 Å². The van der Waals surface area contributed by atoms with Crippen LogP contribution < -0.4 is 5.32 Å². The summed E-state index contributed by atoms with van der Waals surface area (Å²) in [6.07, 6.45) is 16.0. The standard InChI is InChI=1S/C29H46N2/c1-19-10-13-28(4)22(16-19)6-7-24-26-9-8-25(29(26,5)14-11-27(24)28)21(3)30-15-12-23-17-20(2)18-31-23/h16,20,23-27,31H,1,6-15,17-18H2,2-5H3. The minimum atomic E-state index is 0.456. The Balaban J connectivity index is 1.28. The zero-order valence-electron chi connectivity index (χ0n) is 20.7. The Morgan fingerprint density at radius 3 is 2.74 bits per heavy atom. The smallest absolute Gasteiger partial charge is 0.0403 e. The molecule has 0 aromatic carbocycles. The van der Waals surface area contributed by atoms with Gasteiger partial charge < -0.3 is 5.32 Å². The van der Waals surface area contributed by atoms with Crippen molar-refractivity contribution in [1.82, 2.24) is 5.32 Å². The van der Waals surface area contributed by atoms with Crippen molar-refractivity contribution in [1.29, 1.82) is 0 Å². The molecule has 8 atom stereocenters. The molecule has 2 nitrogen and oxygen atoms in total. The van der Waals surface area contributed by atoms with Crippen molar-refractivity contribution < 1.29 is 0 Å². The zero-order chi connectivity index (χ0) is 21.8. The van der Waals surface area contributed by atoms with Gasteiger partial charge in [-0.1, -0.05) is 44.6 Å². The Kier molecular flexibility index (Phi) is 5.77. The van der Waals surface area contributed by atoms with Crippen molar-refractivity contribution in [2.24, 2.45) is 45.4 Å². The molecule has 0 aromatic rings. The van der Waals surface area contributed by atoms with Crippen LogP contribution in [0.2, 0.25) is 0 Å². The van der Waals surface area contributed by atoms with Crippen LogP contribution >= 0.6 is 0 Å². The molecule has 1 N–H and O–H groups in total. The summed E-state index contributed by atoms with van der Waals surface area (Å²) in [5.41, 5.74) is 5.55. The fraction of sp³-hybridized carbons (Fsp3) is 0.828. The van der Waals surface area contributed by atoms with Gasteiger partial charge in [-0.05, 0) is 112 Å². The van der Waals surface area contributed by atoms with Gasteiger partial charge in [-0.15, -0.1) is 0 Å². The highest BCUT2D eigenvalue weighted by Crippen LogP contribution is 2.67. The first kappa shape index (κ1) is 21.9. The van der Waals surface area contributed by atoms with Gasteiger partial charge >= 0.3 is 0 Å². The average molecular weight is 423 g/mol. The van der Waals surface area contributed by atoms with Gasteiger partial charge in [-0.2, -0.15) is 0 Å². The Hall–Kier alpha value is -0.890. The second-order valence-corrected chi connectivity index (χ2v) is 12.6. The first-order valence-electron chi connectivity index (χ1n) is 13.4. The van der Waals surface area contributed by atoms with Gasteiger partial charge in [0.25, 0.3) is 0 Å². The first-order chi connectivity index (χ1) is 14.8. The lowest BCUT2D eigenvalue weighted by Crippen LogP contribution is -2.50. The third kappa shape index (κ3) is 3.69. The van der Waals surface area contributed by atoms with E-state index in [0.717, 1.165) is 36.1 Å². The van der Waals surface area contributed by atoms with Gasteiger partial charge in [0, 0.05) is 24.2 Å². The van der Waals surface area contributed by atoms with Crippen LogP contribution in [0.5, 0.6) is 0 Å². The number of rotatable bonds is 4. The van der Waals surface area contributed by atoms with E-state index in [2.05, 4.69) is 45.7 Å². The summed E-state index contributed by atoms with van der Waals surface area (Å²) in [7, 11) is 0. The van der Waals surface area contributed by atoms with Crippen LogP contribution in [0, 0.1) is 40.4 Å². The van der Waals surface area contributed by atoms with Crippen LogP contribution in [-0.4, -0.2) is 24.8 Å². The van der Waals surface area contributed by atoms with Gasteiger partial charge in [0.15, 0.2) is 0 Å². The summed E-state index contributed by atoms with van der Waals surface area (Å²) in [6, 6.07) is 0.700. The maximum Gasteiger partial charge on any atom is 0.0403 e. The molecular formula is C29H46N2. The summed E-state index contributed by atoms with van der Waals surface area (Å²) in [5.74, 6) is 4.33. The highest BCUT2D eigenvalue weighted by atomic mass is 15.0. The Labute approximate surface area is 191 Å². The van der Waals surface area contributed by atoms with Crippen LogP contribution in [-0.2, 0) is 0 Å². The third-order valence-electron chi connectivity index (χ3n) is 10.9. The van der Waals surface area contributed by atoms with Crippen LogP contribution in [0.1, 0.15) is 91.9 Å². The van der Waals surface area contributed by atoms with Crippen molar-refractivity contribution in [2.45, 2.75) is 97.9 Å². The predicted molar refractivity (Wildman–Crippen MR) is 132 cm³/mol. The molecule has 1 aliphatic heterocycles. The highest BCUT2D eigenvalue weighted by molar-refractivity contribution is 5.85. The molecule has 172 valence electrons. The van der Waals surface area contributed by atoms with E-state index in [1.165, 1.54) is 82.0 Å². The third-order valence-corrected chi connectivity index (χ3v) is 10.9. The molecule has 5 rings (SSSR count). The zero-order valence-corrected chi connectivity index (χ0v) is 20.7. The van der Waals surface area contributed by atoms with E-state index in [9.17, 15) is 0 Å². The van der Waals surface area contributed by atoms with Crippen molar-refractivity contribution in [3.8, 4) is 0 Å². The largest absolute Gasteiger partial charge is 0.314 e. The van der Waals surface area contributed by atoms with Gasteiger partial charge in [0.1, 0.15) is 0 Å². The Bertz CT molecular complexity index is 778. The molecule has 0 aromatic heterocycles. The van der Waals surface area contributed by atoms with E-state index in [4.69, 9.17) is 4.99 Å². The van der Waals surface area contributed by atoms with E-state index in [1.54, 1.807) is 5.57 Å². The number of allylic oxidation sites excluding steroid dienone is 3. The van der Waals surface area contributed by atoms with Crippen molar-refractivity contribution in [2.75, 3.05) is 13.1 Å².